The van der Waals surface area contributed by atoms with Crippen molar-refractivity contribution >= 4 is 24.5 Å². The summed E-state index contributed by atoms with van der Waals surface area (Å²) in [6, 6.07) is 21.2. The van der Waals surface area contributed by atoms with E-state index in [4.69, 9.17) is 13.9 Å². The van der Waals surface area contributed by atoms with E-state index in [1.54, 1.807) is 0 Å². The summed E-state index contributed by atoms with van der Waals surface area (Å²) in [5.74, 6) is 0.147. The van der Waals surface area contributed by atoms with Crippen LogP contribution in [0.2, 0.25) is 5.04 Å². The summed E-state index contributed by atoms with van der Waals surface area (Å²) in [7, 11) is -2.58. The van der Waals surface area contributed by atoms with Gasteiger partial charge in [-0.25, -0.2) is 0 Å². The Hall–Kier alpha value is -1.79. The molecule has 0 radical (unpaired) electrons. The molecular formula is C26H34O4Si. The number of ketones is 1. The van der Waals surface area contributed by atoms with E-state index in [9.17, 15) is 4.79 Å². The molecule has 2 heterocycles. The van der Waals surface area contributed by atoms with Crippen LogP contribution in [-0.4, -0.2) is 45.6 Å². The van der Waals surface area contributed by atoms with Gasteiger partial charge in [0.25, 0.3) is 8.32 Å². The summed E-state index contributed by atoms with van der Waals surface area (Å²) in [5, 5.41) is 2.44. The molecule has 166 valence electrons. The zero-order chi connectivity index (χ0) is 21.9. The van der Waals surface area contributed by atoms with Gasteiger partial charge >= 0.3 is 0 Å². The Labute approximate surface area is 187 Å². The van der Waals surface area contributed by atoms with Crippen LogP contribution in [-0.2, 0) is 18.7 Å². The fourth-order valence-corrected chi connectivity index (χ4v) is 9.66. The second-order valence-corrected chi connectivity index (χ2v) is 14.0. The second-order valence-electron chi connectivity index (χ2n) is 9.69. The molecular weight excluding hydrogens is 404 g/mol. The van der Waals surface area contributed by atoms with Gasteiger partial charge in [-0.15, -0.1) is 0 Å². The number of hydrogen-bond donors (Lipinski definition) is 0. The molecule has 31 heavy (non-hydrogen) atoms. The van der Waals surface area contributed by atoms with Crippen LogP contribution in [0.4, 0.5) is 0 Å². The van der Waals surface area contributed by atoms with E-state index in [-0.39, 0.29) is 29.1 Å². The Morgan fingerprint density at radius 3 is 2.16 bits per heavy atom. The van der Waals surface area contributed by atoms with Gasteiger partial charge < -0.3 is 13.9 Å². The van der Waals surface area contributed by atoms with Crippen molar-refractivity contribution in [3.8, 4) is 0 Å². The minimum atomic E-state index is -2.58. The zero-order valence-corrected chi connectivity index (χ0v) is 19.9. The monoisotopic (exact) mass is 438 g/mol. The van der Waals surface area contributed by atoms with Crippen LogP contribution in [0, 0.1) is 0 Å². The number of rotatable bonds is 6. The number of ether oxygens (including phenoxy) is 2. The quantitative estimate of drug-likeness (QED) is 0.643. The second kappa shape index (κ2) is 9.37. The number of carbonyl (C=O) groups excluding carboxylic acids is 1. The molecule has 5 heteroatoms. The first-order valence-electron chi connectivity index (χ1n) is 11.5. The number of benzene rings is 2. The van der Waals surface area contributed by atoms with Crippen molar-refractivity contribution in [3.63, 3.8) is 0 Å². The van der Waals surface area contributed by atoms with Crippen LogP contribution in [0.25, 0.3) is 0 Å². The molecule has 0 unspecified atom stereocenters. The molecule has 0 aliphatic carbocycles. The van der Waals surface area contributed by atoms with Crippen molar-refractivity contribution in [2.45, 2.75) is 69.8 Å². The number of hydrogen-bond acceptors (Lipinski definition) is 4. The number of carbonyl (C=O) groups is 1. The lowest BCUT2D eigenvalue weighted by Gasteiger charge is -2.43. The average molecular weight is 439 g/mol. The molecule has 4 nitrogen and oxygen atoms in total. The first kappa shape index (κ1) is 22.4. The van der Waals surface area contributed by atoms with Crippen LogP contribution in [0.15, 0.2) is 60.7 Å². The van der Waals surface area contributed by atoms with Crippen molar-refractivity contribution in [2.75, 3.05) is 13.2 Å². The molecule has 2 saturated heterocycles. The lowest BCUT2D eigenvalue weighted by molar-refractivity contribution is -0.178. The molecule has 2 aliphatic heterocycles. The van der Waals surface area contributed by atoms with Crippen molar-refractivity contribution in [2.24, 2.45) is 0 Å². The minimum absolute atomic E-state index is 0.0457. The molecule has 0 N–H and O–H groups in total. The minimum Gasteiger partial charge on any atom is -0.407 e. The molecule has 0 spiro atoms. The smallest absolute Gasteiger partial charge is 0.261 e. The third kappa shape index (κ3) is 4.56. The Morgan fingerprint density at radius 1 is 0.968 bits per heavy atom. The van der Waals surface area contributed by atoms with Gasteiger partial charge in [0.15, 0.2) is 5.78 Å². The fraction of sp³-hybridized carbons (Fsp3) is 0.500. The van der Waals surface area contributed by atoms with Gasteiger partial charge in [0.05, 0.1) is 12.2 Å². The molecule has 0 bridgehead atoms. The third-order valence-electron chi connectivity index (χ3n) is 6.60. The molecule has 2 fully saturated rings. The van der Waals surface area contributed by atoms with Gasteiger partial charge in [-0.3, -0.25) is 4.79 Å². The molecule has 3 atom stereocenters. The first-order chi connectivity index (χ1) is 14.9. The molecule has 0 amide bonds. The highest BCUT2D eigenvalue weighted by molar-refractivity contribution is 6.99. The van der Waals surface area contributed by atoms with E-state index >= 15 is 0 Å². The Balaban J connectivity index is 1.56. The normalized spacial score (nSPS) is 24.6. The van der Waals surface area contributed by atoms with Gasteiger partial charge in [0.1, 0.15) is 6.10 Å². The molecule has 2 aromatic carbocycles. The maximum Gasteiger partial charge on any atom is 0.261 e. The Kier molecular flexibility index (Phi) is 6.77. The van der Waals surface area contributed by atoms with Crippen molar-refractivity contribution in [1.29, 1.82) is 0 Å². The van der Waals surface area contributed by atoms with Crippen molar-refractivity contribution in [3.05, 3.63) is 60.7 Å². The van der Waals surface area contributed by atoms with E-state index in [1.807, 2.05) is 12.1 Å². The highest BCUT2D eigenvalue weighted by Gasteiger charge is 2.50. The van der Waals surface area contributed by atoms with Crippen LogP contribution < -0.4 is 10.4 Å². The van der Waals surface area contributed by atoms with Crippen LogP contribution in [0.3, 0.4) is 0 Å². The summed E-state index contributed by atoms with van der Waals surface area (Å²) < 4.78 is 18.9. The summed E-state index contributed by atoms with van der Waals surface area (Å²) in [5.41, 5.74) is 0. The van der Waals surface area contributed by atoms with Gasteiger partial charge in [0.2, 0.25) is 0 Å². The number of fused-ring (bicyclic) bond motifs is 1. The molecule has 2 aliphatic rings. The lowest BCUT2D eigenvalue weighted by Crippen LogP contribution is -2.66. The molecule has 4 rings (SSSR count). The van der Waals surface area contributed by atoms with Gasteiger partial charge in [-0.05, 0) is 28.3 Å². The SMILES string of the molecule is CC(C)(C)[Si](OCC[C@@H]1O[C@@H]2CCCO[C@@H]2CC1=O)(c1ccccc1)c1ccccc1. The summed E-state index contributed by atoms with van der Waals surface area (Å²) in [6.07, 6.45) is 2.63. The molecule has 2 aromatic rings. The molecule has 0 aromatic heterocycles. The summed E-state index contributed by atoms with van der Waals surface area (Å²) in [6.45, 7) is 8.05. The maximum absolute atomic E-state index is 12.7. The van der Waals surface area contributed by atoms with Gasteiger partial charge in [-0.2, -0.15) is 0 Å². The average Bonchev–Trinajstić information content (AvgIpc) is 2.77. The largest absolute Gasteiger partial charge is 0.407 e. The van der Waals surface area contributed by atoms with Crippen molar-refractivity contribution in [1.82, 2.24) is 0 Å². The van der Waals surface area contributed by atoms with Crippen LogP contribution in [0.5, 0.6) is 0 Å². The zero-order valence-electron chi connectivity index (χ0n) is 18.9. The topological polar surface area (TPSA) is 44.8 Å². The first-order valence-corrected chi connectivity index (χ1v) is 13.4. The van der Waals surface area contributed by atoms with Crippen molar-refractivity contribution < 1.29 is 18.7 Å². The third-order valence-corrected chi connectivity index (χ3v) is 11.6. The van der Waals surface area contributed by atoms with E-state index < -0.39 is 8.32 Å². The highest BCUT2D eigenvalue weighted by Crippen LogP contribution is 2.37. The predicted octanol–water partition coefficient (Wildman–Crippen LogP) is 3.86. The molecule has 0 saturated carbocycles. The fourth-order valence-electron chi connectivity index (χ4n) is 5.08. The number of Topliss-reactive ketones (excluding diaryl/α,β-unsaturated/α-hetero) is 1. The lowest BCUT2D eigenvalue weighted by atomic mass is 9.94. The van der Waals surface area contributed by atoms with E-state index in [0.717, 1.165) is 19.4 Å². The van der Waals surface area contributed by atoms with Crippen LogP contribution >= 0.6 is 0 Å². The Bertz CT molecular complexity index is 822. The highest BCUT2D eigenvalue weighted by atomic mass is 28.4. The standard InChI is InChI=1S/C26H34O4Si/c1-26(2,3)31(20-11-6-4-7-12-20,21-13-8-5-9-14-21)29-18-16-23-22(27)19-25-24(30-23)15-10-17-28-25/h4-9,11-14,23-25H,10,15-19H2,1-3H3/t23-,24+,25+/m0/s1. The van der Waals surface area contributed by atoms with Gasteiger partial charge in [-0.1, -0.05) is 81.4 Å². The summed E-state index contributed by atoms with van der Waals surface area (Å²) in [4.78, 5) is 12.7. The predicted molar refractivity (Wildman–Crippen MR) is 125 cm³/mol. The maximum atomic E-state index is 12.7. The van der Waals surface area contributed by atoms with E-state index in [0.29, 0.717) is 19.4 Å². The van der Waals surface area contributed by atoms with Gasteiger partial charge in [0, 0.05) is 26.1 Å². The van der Waals surface area contributed by atoms with Crippen LogP contribution in [0.1, 0.15) is 46.5 Å². The van der Waals surface area contributed by atoms with E-state index in [1.165, 1.54) is 10.4 Å². The Morgan fingerprint density at radius 2 is 1.58 bits per heavy atom. The summed E-state index contributed by atoms with van der Waals surface area (Å²) >= 11 is 0. The van der Waals surface area contributed by atoms with E-state index in [2.05, 4.69) is 69.3 Å².